The standard InChI is InChI=1S/C21H30N2O3/c1-21(2,3)26-20(24)23-12-6-7-17(23)11-10-16-13-19(15-22-14-16)25-18-8-4-5-9-18/h10-11,13-15,17-18H,4-9,12H2,1-3H3. The molecular formula is C21H30N2O3. The molecule has 1 aliphatic carbocycles. The molecule has 3 rings (SSSR count). The number of rotatable bonds is 4. The van der Waals surface area contributed by atoms with Gasteiger partial charge in [-0.15, -0.1) is 0 Å². The molecular weight excluding hydrogens is 328 g/mol. The number of amides is 1. The van der Waals surface area contributed by atoms with E-state index in [1.54, 1.807) is 6.20 Å². The van der Waals surface area contributed by atoms with Crippen LogP contribution in [0.3, 0.4) is 0 Å². The van der Waals surface area contributed by atoms with Gasteiger partial charge < -0.3 is 14.4 Å². The average molecular weight is 358 g/mol. The molecule has 5 nitrogen and oxygen atoms in total. The molecule has 1 aromatic heterocycles. The van der Waals surface area contributed by atoms with Gasteiger partial charge in [0, 0.05) is 12.7 Å². The zero-order valence-corrected chi connectivity index (χ0v) is 16.1. The minimum absolute atomic E-state index is 0.0734. The van der Waals surface area contributed by atoms with Crippen molar-refractivity contribution in [3.63, 3.8) is 0 Å². The molecule has 2 fully saturated rings. The highest BCUT2D eigenvalue weighted by Gasteiger charge is 2.30. The molecule has 0 aromatic carbocycles. The second-order valence-electron chi connectivity index (χ2n) is 8.22. The Labute approximate surface area is 156 Å². The van der Waals surface area contributed by atoms with Gasteiger partial charge in [0.05, 0.1) is 18.3 Å². The predicted octanol–water partition coefficient (Wildman–Crippen LogP) is 4.82. The van der Waals surface area contributed by atoms with Crippen molar-refractivity contribution < 1.29 is 14.3 Å². The van der Waals surface area contributed by atoms with Gasteiger partial charge >= 0.3 is 6.09 Å². The second kappa shape index (κ2) is 8.11. The minimum Gasteiger partial charge on any atom is -0.489 e. The molecule has 2 heterocycles. The van der Waals surface area contributed by atoms with E-state index >= 15 is 0 Å². The van der Waals surface area contributed by atoms with Crippen molar-refractivity contribution >= 4 is 12.2 Å². The maximum atomic E-state index is 12.4. The number of hydrogen-bond donors (Lipinski definition) is 0. The van der Waals surface area contributed by atoms with Crippen LogP contribution in [0.15, 0.2) is 24.5 Å². The Morgan fingerprint density at radius 3 is 2.69 bits per heavy atom. The summed E-state index contributed by atoms with van der Waals surface area (Å²) in [7, 11) is 0. The van der Waals surface area contributed by atoms with Crippen LogP contribution in [-0.2, 0) is 4.74 Å². The van der Waals surface area contributed by atoms with Crippen molar-refractivity contribution in [2.45, 2.75) is 77.0 Å². The maximum Gasteiger partial charge on any atom is 0.410 e. The number of likely N-dealkylation sites (tertiary alicyclic amines) is 1. The molecule has 1 atom stereocenters. The largest absolute Gasteiger partial charge is 0.489 e. The predicted molar refractivity (Wildman–Crippen MR) is 102 cm³/mol. The van der Waals surface area contributed by atoms with Gasteiger partial charge in [0.2, 0.25) is 0 Å². The Kier molecular flexibility index (Phi) is 5.84. The molecule has 1 amide bonds. The fourth-order valence-electron chi connectivity index (χ4n) is 3.55. The summed E-state index contributed by atoms with van der Waals surface area (Å²) in [6.45, 7) is 6.43. The monoisotopic (exact) mass is 358 g/mol. The first-order chi connectivity index (χ1) is 12.4. The molecule has 1 aromatic rings. The number of pyridine rings is 1. The third-order valence-electron chi connectivity index (χ3n) is 4.78. The molecule has 0 N–H and O–H groups in total. The number of aromatic nitrogens is 1. The molecule has 2 aliphatic rings. The quantitative estimate of drug-likeness (QED) is 0.774. The molecule has 1 saturated carbocycles. The number of carbonyl (C=O) groups is 1. The fraction of sp³-hybridized carbons (Fsp3) is 0.619. The van der Waals surface area contributed by atoms with Gasteiger partial charge in [0.1, 0.15) is 11.4 Å². The fourth-order valence-corrected chi connectivity index (χ4v) is 3.55. The van der Waals surface area contributed by atoms with E-state index in [9.17, 15) is 4.79 Å². The summed E-state index contributed by atoms with van der Waals surface area (Å²) in [5, 5.41) is 0. The molecule has 1 saturated heterocycles. The first-order valence-electron chi connectivity index (χ1n) is 9.70. The minimum atomic E-state index is -0.468. The van der Waals surface area contributed by atoms with Crippen molar-refractivity contribution in [2.75, 3.05) is 6.54 Å². The summed E-state index contributed by atoms with van der Waals surface area (Å²) < 4.78 is 11.5. The van der Waals surface area contributed by atoms with Crippen LogP contribution < -0.4 is 4.74 Å². The van der Waals surface area contributed by atoms with Gasteiger partial charge in [0.15, 0.2) is 0 Å². The van der Waals surface area contributed by atoms with Crippen molar-refractivity contribution in [2.24, 2.45) is 0 Å². The van der Waals surface area contributed by atoms with E-state index in [0.717, 1.165) is 43.5 Å². The van der Waals surface area contributed by atoms with Gasteiger partial charge in [-0.1, -0.05) is 12.2 Å². The molecule has 1 unspecified atom stereocenters. The number of nitrogens with zero attached hydrogens (tertiary/aromatic N) is 2. The molecule has 142 valence electrons. The van der Waals surface area contributed by atoms with Crippen LogP contribution in [0.5, 0.6) is 5.75 Å². The van der Waals surface area contributed by atoms with Gasteiger partial charge in [-0.2, -0.15) is 0 Å². The number of carbonyl (C=O) groups excluding carboxylic acids is 1. The summed E-state index contributed by atoms with van der Waals surface area (Å²) in [5.41, 5.74) is 0.528. The van der Waals surface area contributed by atoms with Gasteiger partial charge in [-0.3, -0.25) is 4.98 Å². The lowest BCUT2D eigenvalue weighted by molar-refractivity contribution is 0.0256. The van der Waals surface area contributed by atoms with Crippen LogP contribution in [0.1, 0.15) is 64.9 Å². The van der Waals surface area contributed by atoms with Crippen LogP contribution in [0.2, 0.25) is 0 Å². The third kappa shape index (κ3) is 5.23. The number of ether oxygens (including phenoxy) is 2. The summed E-state index contributed by atoms with van der Waals surface area (Å²) in [6, 6.07) is 2.10. The van der Waals surface area contributed by atoms with Crippen molar-refractivity contribution in [3.8, 4) is 5.75 Å². The lowest BCUT2D eigenvalue weighted by Crippen LogP contribution is -2.39. The maximum absolute atomic E-state index is 12.4. The van der Waals surface area contributed by atoms with Crippen LogP contribution in [0.4, 0.5) is 4.79 Å². The molecule has 26 heavy (non-hydrogen) atoms. The molecule has 0 radical (unpaired) electrons. The lowest BCUT2D eigenvalue weighted by Gasteiger charge is -2.27. The van der Waals surface area contributed by atoms with Crippen LogP contribution in [-0.4, -0.2) is 40.3 Å². The normalized spacial score (nSPS) is 21.5. The second-order valence-corrected chi connectivity index (χ2v) is 8.22. The average Bonchev–Trinajstić information content (AvgIpc) is 3.23. The van der Waals surface area contributed by atoms with Gasteiger partial charge in [-0.05, 0) is 70.9 Å². The Hall–Kier alpha value is -2.04. The van der Waals surface area contributed by atoms with Crippen LogP contribution >= 0.6 is 0 Å². The Bertz CT molecular complexity index is 645. The van der Waals surface area contributed by atoms with Crippen molar-refractivity contribution in [3.05, 3.63) is 30.1 Å². The van der Waals surface area contributed by atoms with E-state index in [1.807, 2.05) is 44.0 Å². The summed E-state index contributed by atoms with van der Waals surface area (Å²) in [6.07, 6.45) is 14.5. The highest BCUT2D eigenvalue weighted by atomic mass is 16.6. The molecule has 0 bridgehead atoms. The molecule has 5 heteroatoms. The van der Waals surface area contributed by atoms with E-state index in [-0.39, 0.29) is 12.1 Å². The zero-order chi connectivity index (χ0) is 18.6. The summed E-state index contributed by atoms with van der Waals surface area (Å²) in [5.74, 6) is 0.828. The smallest absolute Gasteiger partial charge is 0.410 e. The highest BCUT2D eigenvalue weighted by Crippen LogP contribution is 2.25. The Morgan fingerprint density at radius 2 is 1.96 bits per heavy atom. The highest BCUT2D eigenvalue weighted by molar-refractivity contribution is 5.69. The Balaban J connectivity index is 1.62. The summed E-state index contributed by atoms with van der Waals surface area (Å²) in [4.78, 5) is 18.5. The van der Waals surface area contributed by atoms with Crippen molar-refractivity contribution in [1.29, 1.82) is 0 Å². The van der Waals surface area contributed by atoms with Crippen LogP contribution in [0.25, 0.3) is 6.08 Å². The van der Waals surface area contributed by atoms with Crippen LogP contribution in [0, 0.1) is 0 Å². The molecule has 1 aliphatic heterocycles. The van der Waals surface area contributed by atoms with E-state index in [4.69, 9.17) is 9.47 Å². The van der Waals surface area contributed by atoms with Gasteiger partial charge in [0.25, 0.3) is 0 Å². The first kappa shape index (κ1) is 18.7. The summed E-state index contributed by atoms with van der Waals surface area (Å²) >= 11 is 0. The Morgan fingerprint density at radius 1 is 1.19 bits per heavy atom. The lowest BCUT2D eigenvalue weighted by atomic mass is 10.1. The van der Waals surface area contributed by atoms with Crippen molar-refractivity contribution in [1.82, 2.24) is 9.88 Å². The first-order valence-corrected chi connectivity index (χ1v) is 9.70. The third-order valence-corrected chi connectivity index (χ3v) is 4.78. The van der Waals surface area contributed by atoms with E-state index < -0.39 is 5.60 Å². The zero-order valence-electron chi connectivity index (χ0n) is 16.1. The van der Waals surface area contributed by atoms with Gasteiger partial charge in [-0.25, -0.2) is 4.79 Å². The van der Waals surface area contributed by atoms with E-state index in [0.29, 0.717) is 6.10 Å². The SMILES string of the molecule is CC(C)(C)OC(=O)N1CCCC1C=Cc1cncc(OC2CCCC2)c1. The van der Waals surface area contributed by atoms with E-state index in [2.05, 4.69) is 11.1 Å². The topological polar surface area (TPSA) is 51.7 Å². The number of hydrogen-bond acceptors (Lipinski definition) is 4. The molecule has 0 spiro atoms. The van der Waals surface area contributed by atoms with E-state index in [1.165, 1.54) is 12.8 Å².